The summed E-state index contributed by atoms with van der Waals surface area (Å²) in [5, 5.41) is 0. The van der Waals surface area contributed by atoms with Gasteiger partial charge < -0.3 is 0 Å². The van der Waals surface area contributed by atoms with Gasteiger partial charge in [0.05, 0.1) is 10.9 Å². The van der Waals surface area contributed by atoms with Crippen molar-refractivity contribution in [3.8, 4) is 0 Å². The Labute approximate surface area is 158 Å². The highest BCUT2D eigenvalue weighted by molar-refractivity contribution is 7.89. The fourth-order valence-corrected chi connectivity index (χ4v) is 5.64. The fraction of sp³-hybridized carbons (Fsp3) is 0.545. The third kappa shape index (κ3) is 3.67. The second-order valence-corrected chi connectivity index (χ2v) is 10.7. The van der Waals surface area contributed by atoms with Crippen LogP contribution in [0.2, 0.25) is 0 Å². The number of benzene rings is 1. The Kier molecular flexibility index (Phi) is 5.19. The standard InChI is InChI=1S/C22H31NO2S/c1-16-6-12-20(13-7-16)26(24,25)23-15-14-21(23)17(2)18-8-10-19(11-9-18)22(3,4)5/h6-8,12-13,19,21H,2,9-11,14-15H2,1,3-5H3. The summed E-state index contributed by atoms with van der Waals surface area (Å²) in [6.07, 6.45) is 6.40. The van der Waals surface area contributed by atoms with Gasteiger partial charge in [-0.15, -0.1) is 0 Å². The van der Waals surface area contributed by atoms with Crippen molar-refractivity contribution >= 4 is 10.0 Å². The second-order valence-electron chi connectivity index (χ2n) is 8.83. The van der Waals surface area contributed by atoms with Gasteiger partial charge in [-0.1, -0.05) is 51.1 Å². The summed E-state index contributed by atoms with van der Waals surface area (Å²) in [6.45, 7) is 13.7. The van der Waals surface area contributed by atoms with Gasteiger partial charge in [-0.2, -0.15) is 4.31 Å². The fourth-order valence-electron chi connectivity index (χ4n) is 3.97. The molecule has 0 saturated carbocycles. The van der Waals surface area contributed by atoms with E-state index in [-0.39, 0.29) is 6.04 Å². The molecule has 0 aromatic heterocycles. The van der Waals surface area contributed by atoms with Crippen LogP contribution in [0.25, 0.3) is 0 Å². The molecule has 1 saturated heterocycles. The molecule has 1 aromatic rings. The zero-order valence-corrected chi connectivity index (χ0v) is 17.3. The van der Waals surface area contributed by atoms with Gasteiger partial charge in [0.1, 0.15) is 0 Å². The van der Waals surface area contributed by atoms with Crippen molar-refractivity contribution in [1.29, 1.82) is 0 Å². The maximum atomic E-state index is 13.0. The lowest BCUT2D eigenvalue weighted by Gasteiger charge is -2.42. The van der Waals surface area contributed by atoms with Gasteiger partial charge in [0, 0.05) is 6.54 Å². The normalized spacial score (nSPS) is 24.7. The third-order valence-electron chi connectivity index (χ3n) is 6.05. The molecular weight excluding hydrogens is 342 g/mol. The van der Waals surface area contributed by atoms with E-state index in [4.69, 9.17) is 0 Å². The highest BCUT2D eigenvalue weighted by Crippen LogP contribution is 2.41. The molecule has 0 amide bonds. The topological polar surface area (TPSA) is 37.4 Å². The van der Waals surface area contributed by atoms with Crippen LogP contribution in [-0.2, 0) is 10.0 Å². The quantitative estimate of drug-likeness (QED) is 0.737. The largest absolute Gasteiger partial charge is 0.243 e. The number of hydrogen-bond donors (Lipinski definition) is 0. The molecular formula is C22H31NO2S. The molecule has 1 aliphatic carbocycles. The zero-order valence-electron chi connectivity index (χ0n) is 16.5. The molecule has 1 aliphatic heterocycles. The van der Waals surface area contributed by atoms with Crippen LogP contribution in [0, 0.1) is 18.3 Å². The van der Waals surface area contributed by atoms with E-state index in [9.17, 15) is 8.42 Å². The minimum atomic E-state index is -3.44. The van der Waals surface area contributed by atoms with Crippen molar-refractivity contribution in [3.05, 3.63) is 53.6 Å². The molecule has 2 aliphatic rings. The summed E-state index contributed by atoms with van der Waals surface area (Å²) in [4.78, 5) is 0.381. The Morgan fingerprint density at radius 3 is 2.27 bits per heavy atom. The van der Waals surface area contributed by atoms with Gasteiger partial charge in [0.2, 0.25) is 10.0 Å². The molecule has 1 aromatic carbocycles. The first-order valence-corrected chi connectivity index (χ1v) is 11.0. The number of allylic oxidation sites excluding steroid dienone is 1. The molecule has 3 nitrogen and oxygen atoms in total. The van der Waals surface area contributed by atoms with Crippen molar-refractivity contribution in [1.82, 2.24) is 4.31 Å². The van der Waals surface area contributed by atoms with Crippen LogP contribution in [0.1, 0.15) is 52.0 Å². The van der Waals surface area contributed by atoms with Crippen LogP contribution in [-0.4, -0.2) is 25.3 Å². The first-order valence-electron chi connectivity index (χ1n) is 9.57. The smallest absolute Gasteiger partial charge is 0.207 e. The molecule has 0 N–H and O–H groups in total. The molecule has 0 bridgehead atoms. The maximum Gasteiger partial charge on any atom is 0.243 e. The number of hydrogen-bond acceptors (Lipinski definition) is 2. The molecule has 0 radical (unpaired) electrons. The van der Waals surface area contributed by atoms with E-state index in [2.05, 4.69) is 33.4 Å². The van der Waals surface area contributed by atoms with Gasteiger partial charge in [0.15, 0.2) is 0 Å². The van der Waals surface area contributed by atoms with Crippen LogP contribution in [0.15, 0.2) is 53.0 Å². The highest BCUT2D eigenvalue weighted by Gasteiger charge is 2.41. The third-order valence-corrected chi connectivity index (χ3v) is 7.97. The van der Waals surface area contributed by atoms with E-state index in [1.165, 1.54) is 5.57 Å². The number of sulfonamides is 1. The van der Waals surface area contributed by atoms with E-state index in [1.807, 2.05) is 19.1 Å². The summed E-state index contributed by atoms with van der Waals surface area (Å²) >= 11 is 0. The lowest BCUT2D eigenvalue weighted by molar-refractivity contribution is 0.214. The molecule has 3 rings (SSSR count). The molecule has 1 heterocycles. The van der Waals surface area contributed by atoms with E-state index in [1.54, 1.807) is 16.4 Å². The predicted octanol–water partition coefficient (Wildman–Crippen LogP) is 5.09. The maximum absolute atomic E-state index is 13.0. The predicted molar refractivity (Wildman–Crippen MR) is 107 cm³/mol. The molecule has 1 fully saturated rings. The molecule has 142 valence electrons. The van der Waals surface area contributed by atoms with Crippen molar-refractivity contribution in [3.63, 3.8) is 0 Å². The Morgan fingerprint density at radius 1 is 1.15 bits per heavy atom. The minimum absolute atomic E-state index is 0.0845. The van der Waals surface area contributed by atoms with Crippen molar-refractivity contribution in [2.75, 3.05) is 6.54 Å². The van der Waals surface area contributed by atoms with Crippen LogP contribution < -0.4 is 0 Å². The van der Waals surface area contributed by atoms with Gasteiger partial charge in [-0.25, -0.2) is 8.42 Å². The van der Waals surface area contributed by atoms with Crippen LogP contribution in [0.3, 0.4) is 0 Å². The van der Waals surface area contributed by atoms with Gasteiger partial charge >= 0.3 is 0 Å². The second kappa shape index (κ2) is 6.97. The summed E-state index contributed by atoms with van der Waals surface area (Å²) in [5.74, 6) is 0.688. The summed E-state index contributed by atoms with van der Waals surface area (Å²) in [6, 6.07) is 7.03. The lowest BCUT2D eigenvalue weighted by Crippen LogP contribution is -2.52. The molecule has 2 atom stereocenters. The molecule has 4 heteroatoms. The Hall–Kier alpha value is -1.39. The highest BCUT2D eigenvalue weighted by atomic mass is 32.2. The van der Waals surface area contributed by atoms with Crippen molar-refractivity contribution in [2.45, 2.75) is 64.3 Å². The Balaban J connectivity index is 1.74. The minimum Gasteiger partial charge on any atom is -0.207 e. The van der Waals surface area contributed by atoms with Crippen molar-refractivity contribution < 1.29 is 8.42 Å². The number of nitrogens with zero attached hydrogens (tertiary/aromatic N) is 1. The van der Waals surface area contributed by atoms with Crippen LogP contribution in [0.5, 0.6) is 0 Å². The molecule has 0 spiro atoms. The zero-order chi connectivity index (χ0) is 19.1. The van der Waals surface area contributed by atoms with E-state index in [0.29, 0.717) is 22.8 Å². The van der Waals surface area contributed by atoms with E-state index in [0.717, 1.165) is 36.8 Å². The first kappa shape index (κ1) is 19.4. The SMILES string of the molecule is C=C(C1=CCC(C(C)(C)C)CC1)C1CCN1S(=O)(=O)c1ccc(C)cc1. The molecule has 26 heavy (non-hydrogen) atoms. The first-order chi connectivity index (χ1) is 12.1. The summed E-state index contributed by atoms with van der Waals surface area (Å²) < 4.78 is 27.6. The Morgan fingerprint density at radius 2 is 1.81 bits per heavy atom. The summed E-state index contributed by atoms with van der Waals surface area (Å²) in [5.41, 5.74) is 3.65. The monoisotopic (exact) mass is 373 g/mol. The van der Waals surface area contributed by atoms with Crippen molar-refractivity contribution in [2.24, 2.45) is 11.3 Å². The van der Waals surface area contributed by atoms with E-state index < -0.39 is 10.0 Å². The number of rotatable bonds is 4. The average Bonchev–Trinajstić information content (AvgIpc) is 2.53. The van der Waals surface area contributed by atoms with Crippen LogP contribution in [0.4, 0.5) is 0 Å². The van der Waals surface area contributed by atoms with Gasteiger partial charge in [-0.3, -0.25) is 0 Å². The van der Waals surface area contributed by atoms with Gasteiger partial charge in [-0.05, 0) is 67.2 Å². The number of aryl methyl sites for hydroxylation is 1. The van der Waals surface area contributed by atoms with E-state index >= 15 is 0 Å². The lowest BCUT2D eigenvalue weighted by atomic mass is 9.72. The Bertz CT molecular complexity index is 813. The average molecular weight is 374 g/mol. The molecule has 2 unspecified atom stereocenters. The summed E-state index contributed by atoms with van der Waals surface area (Å²) in [7, 11) is -3.44. The van der Waals surface area contributed by atoms with Gasteiger partial charge in [0.25, 0.3) is 0 Å². The van der Waals surface area contributed by atoms with Crippen LogP contribution >= 0.6 is 0 Å².